The molecule has 2 nitrogen and oxygen atoms in total. The SMILES string of the molecule is O=C(NC1CCCCC1CBr)c1ccc(Br)c(Cl)c1. The van der Waals surface area contributed by atoms with E-state index < -0.39 is 0 Å². The smallest absolute Gasteiger partial charge is 0.251 e. The summed E-state index contributed by atoms with van der Waals surface area (Å²) in [4.78, 5) is 12.2. The number of carbonyl (C=O) groups excluding carboxylic acids is 1. The summed E-state index contributed by atoms with van der Waals surface area (Å²) in [5.41, 5.74) is 0.618. The predicted molar refractivity (Wildman–Crippen MR) is 86.2 cm³/mol. The molecule has 19 heavy (non-hydrogen) atoms. The highest BCUT2D eigenvalue weighted by Gasteiger charge is 2.25. The van der Waals surface area contributed by atoms with Gasteiger partial charge in [0.15, 0.2) is 0 Å². The zero-order chi connectivity index (χ0) is 13.8. The van der Waals surface area contributed by atoms with E-state index in [0.29, 0.717) is 16.5 Å². The summed E-state index contributed by atoms with van der Waals surface area (Å²) < 4.78 is 0.807. The van der Waals surface area contributed by atoms with Crippen molar-refractivity contribution in [2.45, 2.75) is 31.7 Å². The lowest BCUT2D eigenvalue weighted by Crippen LogP contribution is -2.42. The van der Waals surface area contributed by atoms with E-state index in [2.05, 4.69) is 37.2 Å². The summed E-state index contributed by atoms with van der Waals surface area (Å²) in [7, 11) is 0. The molecule has 0 heterocycles. The van der Waals surface area contributed by atoms with E-state index in [1.807, 2.05) is 0 Å². The van der Waals surface area contributed by atoms with E-state index in [0.717, 1.165) is 16.2 Å². The first-order chi connectivity index (χ1) is 9.11. The monoisotopic (exact) mass is 407 g/mol. The number of nitrogens with one attached hydrogen (secondary N) is 1. The Hall–Kier alpha value is -0.0600. The zero-order valence-corrected chi connectivity index (χ0v) is 14.4. The maximum atomic E-state index is 12.2. The lowest BCUT2D eigenvalue weighted by atomic mass is 9.86. The van der Waals surface area contributed by atoms with Gasteiger partial charge in [-0.05, 0) is 52.9 Å². The Kier molecular flexibility index (Phi) is 5.72. The molecule has 0 saturated heterocycles. The second-order valence-electron chi connectivity index (χ2n) is 4.91. The Labute approximate surface area is 135 Å². The van der Waals surface area contributed by atoms with Gasteiger partial charge in [-0.1, -0.05) is 40.4 Å². The van der Waals surface area contributed by atoms with Gasteiger partial charge in [-0.25, -0.2) is 0 Å². The summed E-state index contributed by atoms with van der Waals surface area (Å²) in [5, 5.41) is 4.65. The van der Waals surface area contributed by atoms with Crippen LogP contribution in [0.2, 0.25) is 5.02 Å². The summed E-state index contributed by atoms with van der Waals surface area (Å²) >= 11 is 12.9. The fourth-order valence-corrected chi connectivity index (χ4v) is 3.67. The predicted octanol–water partition coefficient (Wildman–Crippen LogP) is 4.79. The van der Waals surface area contributed by atoms with Gasteiger partial charge in [0, 0.05) is 21.4 Å². The molecular weight excluding hydrogens is 393 g/mol. The fraction of sp³-hybridized carbons (Fsp3) is 0.500. The summed E-state index contributed by atoms with van der Waals surface area (Å²) in [5.74, 6) is 0.496. The Morgan fingerprint density at radius 2 is 2.11 bits per heavy atom. The van der Waals surface area contributed by atoms with Crippen molar-refractivity contribution in [3.8, 4) is 0 Å². The molecule has 1 aliphatic carbocycles. The first-order valence-electron chi connectivity index (χ1n) is 6.43. The van der Waals surface area contributed by atoms with Crippen LogP contribution in [0.5, 0.6) is 0 Å². The number of halogens is 3. The van der Waals surface area contributed by atoms with E-state index in [4.69, 9.17) is 11.6 Å². The minimum atomic E-state index is -0.0350. The molecule has 0 bridgehead atoms. The Bertz CT molecular complexity index is 467. The maximum Gasteiger partial charge on any atom is 0.251 e. The van der Waals surface area contributed by atoms with Crippen LogP contribution < -0.4 is 5.32 Å². The van der Waals surface area contributed by atoms with Crippen LogP contribution in [0.1, 0.15) is 36.0 Å². The van der Waals surface area contributed by atoms with Crippen molar-refractivity contribution < 1.29 is 4.79 Å². The van der Waals surface area contributed by atoms with Gasteiger partial charge in [-0.15, -0.1) is 0 Å². The molecule has 0 radical (unpaired) electrons. The minimum Gasteiger partial charge on any atom is -0.349 e. The molecule has 1 aromatic rings. The Morgan fingerprint density at radius 1 is 1.37 bits per heavy atom. The molecule has 1 saturated carbocycles. The molecule has 1 amide bonds. The molecule has 5 heteroatoms. The average Bonchev–Trinajstić information content (AvgIpc) is 2.42. The standard InChI is InChI=1S/C14H16Br2ClNO/c15-8-10-3-1-2-4-13(10)18-14(19)9-5-6-11(16)12(17)7-9/h5-7,10,13H,1-4,8H2,(H,18,19). The molecule has 0 aromatic heterocycles. The van der Waals surface area contributed by atoms with E-state index in [1.165, 1.54) is 19.3 Å². The number of rotatable bonds is 3. The van der Waals surface area contributed by atoms with E-state index in [-0.39, 0.29) is 11.9 Å². The summed E-state index contributed by atoms with van der Waals surface area (Å²) in [6, 6.07) is 5.56. The van der Waals surface area contributed by atoms with Crippen LogP contribution in [0.4, 0.5) is 0 Å². The Balaban J connectivity index is 2.05. The van der Waals surface area contributed by atoms with Crippen LogP contribution in [0.15, 0.2) is 22.7 Å². The fourth-order valence-electron chi connectivity index (χ4n) is 2.47. The molecule has 1 N–H and O–H groups in total. The third kappa shape index (κ3) is 3.96. The van der Waals surface area contributed by atoms with Crippen molar-refractivity contribution >= 4 is 49.4 Å². The largest absolute Gasteiger partial charge is 0.349 e. The van der Waals surface area contributed by atoms with Crippen molar-refractivity contribution in [2.24, 2.45) is 5.92 Å². The third-order valence-electron chi connectivity index (χ3n) is 3.61. The number of hydrogen-bond acceptors (Lipinski definition) is 1. The van der Waals surface area contributed by atoms with Gasteiger partial charge in [0.1, 0.15) is 0 Å². The van der Waals surface area contributed by atoms with Crippen LogP contribution >= 0.6 is 43.5 Å². The molecule has 2 rings (SSSR count). The van der Waals surface area contributed by atoms with Crippen LogP contribution in [0.3, 0.4) is 0 Å². The summed E-state index contributed by atoms with van der Waals surface area (Å²) in [6.45, 7) is 0. The van der Waals surface area contributed by atoms with Gasteiger partial charge < -0.3 is 5.32 Å². The van der Waals surface area contributed by atoms with E-state index >= 15 is 0 Å². The molecule has 1 aromatic carbocycles. The van der Waals surface area contributed by atoms with Gasteiger partial charge in [0.25, 0.3) is 5.91 Å². The van der Waals surface area contributed by atoms with E-state index in [9.17, 15) is 4.79 Å². The zero-order valence-electron chi connectivity index (χ0n) is 10.5. The molecule has 2 unspecified atom stereocenters. The molecule has 1 fully saturated rings. The van der Waals surface area contributed by atoms with Gasteiger partial charge in [-0.2, -0.15) is 0 Å². The molecule has 1 aliphatic rings. The molecule has 104 valence electrons. The maximum absolute atomic E-state index is 12.2. The van der Waals surface area contributed by atoms with Crippen LogP contribution in [0, 0.1) is 5.92 Å². The topological polar surface area (TPSA) is 29.1 Å². The van der Waals surface area contributed by atoms with Crippen LogP contribution in [-0.2, 0) is 0 Å². The third-order valence-corrected chi connectivity index (χ3v) is 5.67. The molecular formula is C14H16Br2ClNO. The van der Waals surface area contributed by atoms with Gasteiger partial charge in [0.2, 0.25) is 0 Å². The first kappa shape index (κ1) is 15.3. The van der Waals surface area contributed by atoms with Crippen molar-refractivity contribution in [1.29, 1.82) is 0 Å². The normalized spacial score (nSPS) is 23.1. The van der Waals surface area contributed by atoms with Crippen molar-refractivity contribution in [3.05, 3.63) is 33.3 Å². The minimum absolute atomic E-state index is 0.0350. The first-order valence-corrected chi connectivity index (χ1v) is 8.73. The van der Waals surface area contributed by atoms with Gasteiger partial charge in [-0.3, -0.25) is 4.79 Å². The Morgan fingerprint density at radius 3 is 2.79 bits per heavy atom. The number of carbonyl (C=O) groups is 1. The van der Waals surface area contributed by atoms with Gasteiger partial charge in [0.05, 0.1) is 5.02 Å². The van der Waals surface area contributed by atoms with Gasteiger partial charge >= 0.3 is 0 Å². The molecule has 0 aliphatic heterocycles. The lowest BCUT2D eigenvalue weighted by molar-refractivity contribution is 0.0911. The average molecular weight is 410 g/mol. The molecule has 0 spiro atoms. The number of alkyl halides is 1. The lowest BCUT2D eigenvalue weighted by Gasteiger charge is -2.31. The number of amides is 1. The van der Waals surface area contributed by atoms with Crippen molar-refractivity contribution in [1.82, 2.24) is 5.32 Å². The second-order valence-corrected chi connectivity index (χ2v) is 6.82. The quantitative estimate of drug-likeness (QED) is 0.715. The molecule has 2 atom stereocenters. The highest BCUT2D eigenvalue weighted by atomic mass is 79.9. The highest BCUT2D eigenvalue weighted by molar-refractivity contribution is 9.10. The van der Waals surface area contributed by atoms with Crippen molar-refractivity contribution in [3.63, 3.8) is 0 Å². The van der Waals surface area contributed by atoms with Crippen LogP contribution in [-0.4, -0.2) is 17.3 Å². The van der Waals surface area contributed by atoms with Crippen molar-refractivity contribution in [2.75, 3.05) is 5.33 Å². The number of benzene rings is 1. The second kappa shape index (κ2) is 7.09. The number of hydrogen-bond donors (Lipinski definition) is 1. The van der Waals surface area contributed by atoms with E-state index in [1.54, 1.807) is 18.2 Å². The summed E-state index contributed by atoms with van der Waals surface area (Å²) in [6.07, 6.45) is 4.69. The van der Waals surface area contributed by atoms with Crippen LogP contribution in [0.25, 0.3) is 0 Å². The highest BCUT2D eigenvalue weighted by Crippen LogP contribution is 2.27.